The summed E-state index contributed by atoms with van der Waals surface area (Å²) in [7, 11) is 1.59. The molecule has 0 aliphatic carbocycles. The van der Waals surface area contributed by atoms with Gasteiger partial charge in [-0.25, -0.2) is 0 Å². The Morgan fingerprint density at radius 3 is 2.56 bits per heavy atom. The van der Waals surface area contributed by atoms with E-state index < -0.39 is 11.9 Å². The second kappa shape index (κ2) is 8.54. The minimum Gasteiger partial charge on any atom is -0.509 e. The van der Waals surface area contributed by atoms with E-state index in [2.05, 4.69) is 5.32 Å². The zero-order chi connectivity index (χ0) is 19.2. The van der Waals surface area contributed by atoms with E-state index in [0.717, 1.165) is 16.9 Å². The Morgan fingerprint density at radius 1 is 1.07 bits per heavy atom. The average molecular weight is 365 g/mol. The molecule has 2 aromatic carbocycles. The van der Waals surface area contributed by atoms with Crippen LogP contribution in [0.15, 0.2) is 65.9 Å². The summed E-state index contributed by atoms with van der Waals surface area (Å²) in [6, 6.07) is 16.8. The monoisotopic (exact) mass is 365 g/mol. The Morgan fingerprint density at radius 2 is 1.81 bits per heavy atom. The summed E-state index contributed by atoms with van der Waals surface area (Å²) in [5.41, 5.74) is 1.97. The molecule has 0 saturated heterocycles. The second-order valence-corrected chi connectivity index (χ2v) is 6.59. The highest BCUT2D eigenvalue weighted by Crippen LogP contribution is 2.22. The van der Waals surface area contributed by atoms with E-state index in [1.165, 1.54) is 0 Å². The van der Waals surface area contributed by atoms with Crippen molar-refractivity contribution in [3.63, 3.8) is 0 Å². The first-order valence-electron chi connectivity index (χ1n) is 9.02. The van der Waals surface area contributed by atoms with Crippen molar-refractivity contribution in [2.45, 2.75) is 31.7 Å². The molecule has 0 radical (unpaired) electrons. The topological polar surface area (TPSA) is 75.6 Å². The largest absolute Gasteiger partial charge is 0.509 e. The van der Waals surface area contributed by atoms with Gasteiger partial charge in [-0.05, 0) is 42.5 Å². The first-order valence-corrected chi connectivity index (χ1v) is 9.02. The van der Waals surface area contributed by atoms with Crippen molar-refractivity contribution < 1.29 is 19.4 Å². The van der Waals surface area contributed by atoms with Gasteiger partial charge in [-0.15, -0.1) is 0 Å². The summed E-state index contributed by atoms with van der Waals surface area (Å²) < 4.78 is 5.17. The number of ketones is 1. The van der Waals surface area contributed by atoms with Crippen LogP contribution in [-0.2, 0) is 22.4 Å². The van der Waals surface area contributed by atoms with Crippen LogP contribution in [0.2, 0.25) is 0 Å². The lowest BCUT2D eigenvalue weighted by Gasteiger charge is -2.10. The molecule has 1 aliphatic heterocycles. The lowest BCUT2D eigenvalue weighted by Crippen LogP contribution is -2.30. The molecule has 1 heterocycles. The van der Waals surface area contributed by atoms with Crippen molar-refractivity contribution in [2.24, 2.45) is 0 Å². The number of benzene rings is 2. The number of aliphatic hydroxyl groups excluding tert-OH is 1. The van der Waals surface area contributed by atoms with Crippen LogP contribution >= 0.6 is 0 Å². The van der Waals surface area contributed by atoms with Gasteiger partial charge in [0.25, 0.3) is 5.91 Å². The Balaban J connectivity index is 1.62. The number of rotatable bonds is 8. The van der Waals surface area contributed by atoms with E-state index in [0.29, 0.717) is 19.3 Å². The van der Waals surface area contributed by atoms with Gasteiger partial charge in [0.15, 0.2) is 5.78 Å². The maximum absolute atomic E-state index is 12.5. The molecule has 3 rings (SSSR count). The number of amides is 1. The lowest BCUT2D eigenvalue weighted by atomic mass is 10.00. The molecule has 0 spiro atoms. The zero-order valence-electron chi connectivity index (χ0n) is 15.3. The highest BCUT2D eigenvalue weighted by molar-refractivity contribution is 6.21. The lowest BCUT2D eigenvalue weighted by molar-refractivity contribution is -0.122. The summed E-state index contributed by atoms with van der Waals surface area (Å²) in [5.74, 6) is -0.232. The fourth-order valence-corrected chi connectivity index (χ4v) is 3.23. The molecule has 0 bridgehead atoms. The van der Waals surface area contributed by atoms with Gasteiger partial charge in [0, 0.05) is 6.42 Å². The van der Waals surface area contributed by atoms with Crippen molar-refractivity contribution in [3.05, 3.63) is 77.1 Å². The number of carbonyl (C=O) groups excluding carboxylic acids is 2. The number of aliphatic hydroxyl groups is 1. The number of hydrogen-bond donors (Lipinski definition) is 2. The van der Waals surface area contributed by atoms with Crippen LogP contribution < -0.4 is 10.1 Å². The van der Waals surface area contributed by atoms with Crippen LogP contribution in [-0.4, -0.2) is 29.9 Å². The summed E-state index contributed by atoms with van der Waals surface area (Å²) in [6.45, 7) is 0. The van der Waals surface area contributed by atoms with Gasteiger partial charge in [0.1, 0.15) is 17.1 Å². The van der Waals surface area contributed by atoms with Gasteiger partial charge in [-0.1, -0.05) is 42.5 Å². The third-order valence-electron chi connectivity index (χ3n) is 4.74. The van der Waals surface area contributed by atoms with Crippen molar-refractivity contribution in [1.82, 2.24) is 5.32 Å². The molecule has 0 aromatic heterocycles. The van der Waals surface area contributed by atoms with E-state index in [1.807, 2.05) is 54.6 Å². The molecule has 1 amide bonds. The average Bonchev–Trinajstić information content (AvgIpc) is 2.99. The maximum Gasteiger partial charge on any atom is 0.259 e. The third-order valence-corrected chi connectivity index (χ3v) is 4.74. The standard InChI is InChI=1S/C22H23NO4/c1-27-17-9-5-8-16(14-17)11-13-19(24)20-21(25)18(23-22(20)26)12-10-15-6-3-2-4-7-15/h2-9,14,18,25H,10-13H2,1H3,(H,23,26). The number of nitrogens with one attached hydrogen (secondary N) is 1. The molecule has 1 unspecified atom stereocenters. The first-order chi connectivity index (χ1) is 13.1. The van der Waals surface area contributed by atoms with E-state index in [-0.39, 0.29) is 23.5 Å². The number of hydrogen-bond acceptors (Lipinski definition) is 4. The molecule has 27 heavy (non-hydrogen) atoms. The van der Waals surface area contributed by atoms with Gasteiger partial charge in [-0.3, -0.25) is 9.59 Å². The molecule has 2 aromatic rings. The van der Waals surface area contributed by atoms with Crippen LogP contribution in [0.4, 0.5) is 0 Å². The van der Waals surface area contributed by atoms with Crippen molar-refractivity contribution in [1.29, 1.82) is 0 Å². The van der Waals surface area contributed by atoms with Crippen molar-refractivity contribution in [3.8, 4) is 5.75 Å². The minimum atomic E-state index is -0.506. The highest BCUT2D eigenvalue weighted by atomic mass is 16.5. The van der Waals surface area contributed by atoms with Crippen LogP contribution in [0.1, 0.15) is 24.0 Å². The Bertz CT molecular complexity index is 858. The molecule has 5 heteroatoms. The van der Waals surface area contributed by atoms with E-state index in [4.69, 9.17) is 4.74 Å². The Labute approximate surface area is 158 Å². The zero-order valence-corrected chi connectivity index (χ0v) is 15.3. The van der Waals surface area contributed by atoms with Crippen LogP contribution in [0.25, 0.3) is 0 Å². The van der Waals surface area contributed by atoms with Crippen LogP contribution in [0, 0.1) is 0 Å². The van der Waals surface area contributed by atoms with E-state index in [9.17, 15) is 14.7 Å². The van der Waals surface area contributed by atoms with E-state index >= 15 is 0 Å². The number of carbonyl (C=O) groups is 2. The van der Waals surface area contributed by atoms with Crippen molar-refractivity contribution in [2.75, 3.05) is 7.11 Å². The van der Waals surface area contributed by atoms with Gasteiger partial charge in [0.05, 0.1) is 13.2 Å². The summed E-state index contributed by atoms with van der Waals surface area (Å²) in [4.78, 5) is 24.7. The second-order valence-electron chi connectivity index (χ2n) is 6.59. The molecule has 140 valence electrons. The molecule has 1 atom stereocenters. The minimum absolute atomic E-state index is 0.101. The molecular weight excluding hydrogens is 342 g/mol. The van der Waals surface area contributed by atoms with Crippen LogP contribution in [0.5, 0.6) is 5.75 Å². The van der Waals surface area contributed by atoms with Crippen molar-refractivity contribution >= 4 is 11.7 Å². The molecular formula is C22H23NO4. The summed E-state index contributed by atoms with van der Waals surface area (Å²) >= 11 is 0. The molecule has 1 aliphatic rings. The highest BCUT2D eigenvalue weighted by Gasteiger charge is 2.35. The van der Waals surface area contributed by atoms with Crippen LogP contribution in [0.3, 0.4) is 0 Å². The number of ether oxygens (including phenoxy) is 1. The molecule has 2 N–H and O–H groups in total. The van der Waals surface area contributed by atoms with Gasteiger partial charge < -0.3 is 15.2 Å². The maximum atomic E-state index is 12.5. The number of methoxy groups -OCH3 is 1. The van der Waals surface area contributed by atoms with Gasteiger partial charge in [0.2, 0.25) is 0 Å². The molecule has 5 nitrogen and oxygen atoms in total. The Hall–Kier alpha value is -3.08. The van der Waals surface area contributed by atoms with Gasteiger partial charge in [-0.2, -0.15) is 0 Å². The summed E-state index contributed by atoms with van der Waals surface area (Å²) in [5, 5.41) is 13.1. The Kier molecular flexibility index (Phi) is 5.91. The SMILES string of the molecule is COc1cccc(CCC(=O)C2=C(O)C(CCc3ccccc3)NC2=O)c1. The predicted molar refractivity (Wildman–Crippen MR) is 103 cm³/mol. The van der Waals surface area contributed by atoms with Gasteiger partial charge >= 0.3 is 0 Å². The normalized spacial score (nSPS) is 16.3. The third kappa shape index (κ3) is 4.56. The molecule has 0 fully saturated rings. The fourth-order valence-electron chi connectivity index (χ4n) is 3.23. The first kappa shape index (κ1) is 18.7. The quantitative estimate of drug-likeness (QED) is 0.705. The molecule has 0 saturated carbocycles. The number of Topliss-reactive ketones (excluding diaryl/α,β-unsaturated/α-hetero) is 1. The number of aryl methyl sites for hydroxylation is 2. The summed E-state index contributed by atoms with van der Waals surface area (Å²) in [6.07, 6.45) is 1.90. The smallest absolute Gasteiger partial charge is 0.259 e. The predicted octanol–water partition coefficient (Wildman–Crippen LogP) is 3.14. The fraction of sp³-hybridized carbons (Fsp3) is 0.273. The van der Waals surface area contributed by atoms with E-state index in [1.54, 1.807) is 7.11 Å².